The van der Waals surface area contributed by atoms with E-state index < -0.39 is 14.8 Å². The third kappa shape index (κ3) is 3.13. The predicted molar refractivity (Wildman–Crippen MR) is 75.9 cm³/mol. The number of hydrogen-bond acceptors (Lipinski definition) is 5. The highest BCUT2D eigenvalue weighted by molar-refractivity contribution is 9.10. The Balaban J connectivity index is 2.25. The van der Waals surface area contributed by atoms with Crippen molar-refractivity contribution in [1.82, 2.24) is 0 Å². The van der Waals surface area contributed by atoms with Crippen molar-refractivity contribution in [3.63, 3.8) is 0 Å². The van der Waals surface area contributed by atoms with Gasteiger partial charge in [0.2, 0.25) is 0 Å². The monoisotopic (exact) mass is 346 g/mol. The molecular weight excluding hydrogens is 336 g/mol. The fraction of sp³-hybridized carbons (Fsp3) is 0.273. The lowest BCUT2D eigenvalue weighted by molar-refractivity contribution is -0.385. The first-order valence-corrected chi connectivity index (χ1v) is 7.91. The molecule has 0 saturated heterocycles. The van der Waals surface area contributed by atoms with Crippen molar-refractivity contribution < 1.29 is 13.3 Å². The molecule has 8 heteroatoms. The zero-order chi connectivity index (χ0) is 14.2. The number of anilines is 1. The highest BCUT2D eigenvalue weighted by Gasteiger charge is 2.23. The maximum absolute atomic E-state index is 11.3. The van der Waals surface area contributed by atoms with Crippen LogP contribution in [0.25, 0.3) is 0 Å². The van der Waals surface area contributed by atoms with Gasteiger partial charge in [-0.3, -0.25) is 10.1 Å². The van der Waals surface area contributed by atoms with Crippen molar-refractivity contribution in [1.29, 1.82) is 0 Å². The van der Waals surface area contributed by atoms with Crippen LogP contribution in [-0.4, -0.2) is 25.1 Å². The van der Waals surface area contributed by atoms with Crippen LogP contribution in [0, 0.1) is 17.0 Å². The predicted octanol–water partition coefficient (Wildman–Crippen LogP) is 2.39. The average Bonchev–Trinajstić information content (AvgIpc) is 2.62. The summed E-state index contributed by atoms with van der Waals surface area (Å²) in [6.45, 7) is 1.64. The van der Waals surface area contributed by atoms with Crippen LogP contribution in [0.5, 0.6) is 0 Å². The molecule has 1 unspecified atom stereocenters. The topological polar surface area (TPSA) is 89.3 Å². The van der Waals surface area contributed by atoms with Gasteiger partial charge in [-0.15, -0.1) is 0 Å². The van der Waals surface area contributed by atoms with Gasteiger partial charge in [0.1, 0.15) is 0 Å². The second-order valence-electron chi connectivity index (χ2n) is 4.28. The largest absolute Gasteiger partial charge is 0.377 e. The normalized spacial score (nSPS) is 20.4. The van der Waals surface area contributed by atoms with Crippen molar-refractivity contribution in [2.75, 3.05) is 11.1 Å². The molecule has 1 aromatic rings. The number of hydrogen-bond donors (Lipinski definition) is 1. The molecule has 0 aromatic heterocycles. The second kappa shape index (κ2) is 4.93. The van der Waals surface area contributed by atoms with Crippen LogP contribution in [0.2, 0.25) is 0 Å². The fourth-order valence-electron chi connectivity index (χ4n) is 1.84. The third-order valence-electron chi connectivity index (χ3n) is 2.75. The van der Waals surface area contributed by atoms with Gasteiger partial charge in [0.15, 0.2) is 9.84 Å². The molecule has 0 spiro atoms. The lowest BCUT2D eigenvalue weighted by Crippen LogP contribution is -2.21. The summed E-state index contributed by atoms with van der Waals surface area (Å²) in [6, 6.07) is 2.72. The van der Waals surface area contributed by atoms with Gasteiger partial charge in [0.25, 0.3) is 5.69 Å². The van der Waals surface area contributed by atoms with E-state index in [0.717, 1.165) is 0 Å². The van der Waals surface area contributed by atoms with E-state index in [1.165, 1.54) is 11.5 Å². The summed E-state index contributed by atoms with van der Waals surface area (Å²) in [6.07, 6.45) is 1.57. The molecule has 6 nitrogen and oxygen atoms in total. The summed E-state index contributed by atoms with van der Waals surface area (Å²) in [7, 11) is -3.13. The molecule has 102 valence electrons. The minimum atomic E-state index is -3.13. The third-order valence-corrected chi connectivity index (χ3v) is 4.80. The van der Waals surface area contributed by atoms with Crippen LogP contribution in [0.1, 0.15) is 5.56 Å². The Morgan fingerprint density at radius 2 is 2.16 bits per heavy atom. The molecule has 19 heavy (non-hydrogen) atoms. The van der Waals surface area contributed by atoms with Gasteiger partial charge in [0.05, 0.1) is 16.7 Å². The molecular formula is C11H11BrN2O4S. The Kier molecular flexibility index (Phi) is 3.64. The van der Waals surface area contributed by atoms with Gasteiger partial charge in [-0.25, -0.2) is 8.42 Å². The van der Waals surface area contributed by atoms with E-state index in [9.17, 15) is 18.5 Å². The summed E-state index contributed by atoms with van der Waals surface area (Å²) in [5, 5.41) is 15.0. The van der Waals surface area contributed by atoms with Crippen molar-refractivity contribution in [2.45, 2.75) is 13.0 Å². The summed E-state index contributed by atoms with van der Waals surface area (Å²) in [5.74, 6) is -0.00449. The quantitative estimate of drug-likeness (QED) is 0.670. The Morgan fingerprint density at radius 1 is 1.47 bits per heavy atom. The molecule has 0 bridgehead atoms. The van der Waals surface area contributed by atoms with Crippen molar-refractivity contribution in [3.05, 3.63) is 43.8 Å². The van der Waals surface area contributed by atoms with Gasteiger partial charge >= 0.3 is 0 Å². The van der Waals surface area contributed by atoms with Crippen LogP contribution in [0.15, 0.2) is 28.1 Å². The number of aryl methyl sites for hydroxylation is 1. The fourth-order valence-corrected chi connectivity index (χ4v) is 3.52. The zero-order valence-corrected chi connectivity index (χ0v) is 12.4. The Hall–Kier alpha value is -1.41. The molecule has 0 saturated carbocycles. The van der Waals surface area contributed by atoms with E-state index in [2.05, 4.69) is 21.2 Å². The molecule has 0 amide bonds. The summed E-state index contributed by atoms with van der Waals surface area (Å²) < 4.78 is 23.1. The van der Waals surface area contributed by atoms with Crippen molar-refractivity contribution >= 4 is 37.1 Å². The summed E-state index contributed by atoms with van der Waals surface area (Å²) in [5.41, 5.74) is 1.17. The van der Waals surface area contributed by atoms with Crippen LogP contribution in [-0.2, 0) is 9.84 Å². The molecule has 1 aliphatic heterocycles. The van der Waals surface area contributed by atoms with E-state index >= 15 is 0 Å². The Bertz CT molecular complexity index is 670. The highest BCUT2D eigenvalue weighted by atomic mass is 79.9. The SMILES string of the molecule is Cc1cc(NC2C=CS(=O)(=O)C2)c(Br)cc1[N+](=O)[O-]. The average molecular weight is 347 g/mol. The zero-order valence-electron chi connectivity index (χ0n) is 9.96. The number of nitro groups is 1. The Morgan fingerprint density at radius 3 is 2.68 bits per heavy atom. The maximum atomic E-state index is 11.3. The number of sulfone groups is 1. The van der Waals surface area contributed by atoms with Gasteiger partial charge < -0.3 is 5.32 Å². The second-order valence-corrected chi connectivity index (χ2v) is 7.07. The molecule has 1 aliphatic rings. The number of halogens is 1. The van der Waals surface area contributed by atoms with Gasteiger partial charge in [-0.2, -0.15) is 0 Å². The molecule has 0 radical (unpaired) electrons. The lowest BCUT2D eigenvalue weighted by Gasteiger charge is -2.14. The lowest BCUT2D eigenvalue weighted by atomic mass is 10.1. The number of nitro benzene ring substituents is 1. The molecule has 1 heterocycles. The molecule has 0 fully saturated rings. The number of rotatable bonds is 3. The van der Waals surface area contributed by atoms with E-state index in [1.807, 2.05) is 0 Å². The van der Waals surface area contributed by atoms with Crippen LogP contribution in [0.3, 0.4) is 0 Å². The van der Waals surface area contributed by atoms with Crippen LogP contribution >= 0.6 is 15.9 Å². The first-order valence-electron chi connectivity index (χ1n) is 5.40. The Labute approximate surface area is 118 Å². The smallest absolute Gasteiger partial charge is 0.273 e. The van der Waals surface area contributed by atoms with Gasteiger partial charge in [0, 0.05) is 27.2 Å². The molecule has 0 aliphatic carbocycles. The first kappa shape index (κ1) is 14.0. The minimum Gasteiger partial charge on any atom is -0.377 e. The van der Waals surface area contributed by atoms with E-state index in [1.54, 1.807) is 19.1 Å². The highest BCUT2D eigenvalue weighted by Crippen LogP contribution is 2.31. The van der Waals surface area contributed by atoms with E-state index in [-0.39, 0.29) is 17.5 Å². The van der Waals surface area contributed by atoms with E-state index in [4.69, 9.17) is 0 Å². The van der Waals surface area contributed by atoms with Crippen LogP contribution < -0.4 is 5.32 Å². The first-order chi connectivity index (χ1) is 8.78. The molecule has 1 N–H and O–H groups in total. The summed E-state index contributed by atoms with van der Waals surface area (Å²) in [4.78, 5) is 10.3. The minimum absolute atomic E-state index is 0.00449. The van der Waals surface area contributed by atoms with Crippen LogP contribution in [0.4, 0.5) is 11.4 Å². The van der Waals surface area contributed by atoms with E-state index in [0.29, 0.717) is 15.7 Å². The molecule has 1 aromatic carbocycles. The summed E-state index contributed by atoms with van der Waals surface area (Å²) >= 11 is 3.24. The van der Waals surface area contributed by atoms with Gasteiger partial charge in [-0.1, -0.05) is 6.08 Å². The van der Waals surface area contributed by atoms with Crippen molar-refractivity contribution in [3.8, 4) is 0 Å². The molecule has 2 rings (SSSR count). The number of benzene rings is 1. The standard InChI is InChI=1S/C11H11BrN2O4S/c1-7-4-10(9(12)5-11(7)14(15)16)13-8-2-3-19(17,18)6-8/h2-5,8,13H,6H2,1H3. The maximum Gasteiger partial charge on any atom is 0.273 e. The number of nitrogens with one attached hydrogen (secondary N) is 1. The van der Waals surface area contributed by atoms with Crippen molar-refractivity contribution in [2.24, 2.45) is 0 Å². The van der Waals surface area contributed by atoms with Gasteiger partial charge in [-0.05, 0) is 28.9 Å². The molecule has 1 atom stereocenters. The number of nitrogens with zero attached hydrogens (tertiary/aromatic N) is 1.